The van der Waals surface area contributed by atoms with E-state index in [0.29, 0.717) is 10.6 Å². The van der Waals surface area contributed by atoms with E-state index in [1.54, 1.807) is 0 Å². The van der Waals surface area contributed by atoms with E-state index < -0.39 is 0 Å². The van der Waals surface area contributed by atoms with Gasteiger partial charge in [-0.25, -0.2) is 4.39 Å². The Morgan fingerprint density at radius 2 is 2.28 bits per heavy atom. The first kappa shape index (κ1) is 14.0. The summed E-state index contributed by atoms with van der Waals surface area (Å²) in [5.74, 6) is -0.211. The molecule has 1 aromatic carbocycles. The first-order valence-corrected chi connectivity index (χ1v) is 7.18. The second-order valence-corrected chi connectivity index (χ2v) is 5.79. The minimum absolute atomic E-state index is 0.211. The Labute approximate surface area is 116 Å². The van der Waals surface area contributed by atoms with Crippen molar-refractivity contribution in [2.45, 2.75) is 31.9 Å². The van der Waals surface area contributed by atoms with Crippen molar-refractivity contribution in [3.8, 4) is 0 Å². The number of halogens is 2. The minimum Gasteiger partial charge on any atom is -0.377 e. The standard InChI is InChI=1S/C14H19BrFNO/c1-17(10-12-4-2-3-7-18-12)9-11-5-6-14(16)13(15)8-11/h5-6,8,12H,2-4,7,9-10H2,1H3. The summed E-state index contributed by atoms with van der Waals surface area (Å²) in [5, 5.41) is 0. The van der Waals surface area contributed by atoms with Gasteiger partial charge in [-0.15, -0.1) is 0 Å². The molecular weight excluding hydrogens is 297 g/mol. The highest BCUT2D eigenvalue weighted by Gasteiger charge is 2.16. The predicted molar refractivity (Wildman–Crippen MR) is 74.0 cm³/mol. The van der Waals surface area contributed by atoms with E-state index >= 15 is 0 Å². The quantitative estimate of drug-likeness (QED) is 0.842. The Kier molecular flexibility index (Phi) is 5.15. The van der Waals surface area contributed by atoms with Crippen LogP contribution in [0.3, 0.4) is 0 Å². The second kappa shape index (κ2) is 6.64. The van der Waals surface area contributed by atoms with Crippen LogP contribution in [0, 0.1) is 5.82 Å². The molecule has 0 spiro atoms. The normalized spacial score (nSPS) is 20.3. The molecule has 1 aromatic rings. The van der Waals surface area contributed by atoms with Crippen LogP contribution in [0.5, 0.6) is 0 Å². The van der Waals surface area contributed by atoms with Gasteiger partial charge >= 0.3 is 0 Å². The number of likely N-dealkylation sites (N-methyl/N-ethyl adjacent to an activating group) is 1. The van der Waals surface area contributed by atoms with Gasteiger partial charge in [0.1, 0.15) is 5.82 Å². The average molecular weight is 316 g/mol. The number of hydrogen-bond acceptors (Lipinski definition) is 2. The Morgan fingerprint density at radius 1 is 1.44 bits per heavy atom. The van der Waals surface area contributed by atoms with Crippen molar-refractivity contribution in [3.05, 3.63) is 34.1 Å². The molecule has 4 heteroatoms. The summed E-state index contributed by atoms with van der Waals surface area (Å²) in [6, 6.07) is 5.18. The molecule has 1 aliphatic rings. The van der Waals surface area contributed by atoms with Crippen molar-refractivity contribution < 1.29 is 9.13 Å². The Balaban J connectivity index is 1.85. The van der Waals surface area contributed by atoms with Gasteiger partial charge in [0.05, 0.1) is 10.6 Å². The number of benzene rings is 1. The van der Waals surface area contributed by atoms with Crippen LogP contribution < -0.4 is 0 Å². The molecule has 0 aliphatic carbocycles. The number of hydrogen-bond donors (Lipinski definition) is 0. The van der Waals surface area contributed by atoms with E-state index in [4.69, 9.17) is 4.74 Å². The first-order chi connectivity index (χ1) is 8.65. The molecule has 0 amide bonds. The molecule has 1 saturated heterocycles. The molecule has 0 N–H and O–H groups in total. The third kappa shape index (κ3) is 4.04. The zero-order valence-corrected chi connectivity index (χ0v) is 12.2. The second-order valence-electron chi connectivity index (χ2n) is 4.93. The van der Waals surface area contributed by atoms with Crippen LogP contribution in [0.4, 0.5) is 4.39 Å². The topological polar surface area (TPSA) is 12.5 Å². The Bertz CT molecular complexity index is 393. The number of ether oxygens (including phenoxy) is 1. The van der Waals surface area contributed by atoms with E-state index in [1.807, 2.05) is 12.1 Å². The molecule has 0 saturated carbocycles. The fourth-order valence-corrected chi connectivity index (χ4v) is 2.74. The Morgan fingerprint density at radius 3 is 2.94 bits per heavy atom. The molecule has 2 nitrogen and oxygen atoms in total. The lowest BCUT2D eigenvalue weighted by molar-refractivity contribution is -0.00259. The van der Waals surface area contributed by atoms with Crippen molar-refractivity contribution in [3.63, 3.8) is 0 Å². The summed E-state index contributed by atoms with van der Waals surface area (Å²) in [5.41, 5.74) is 1.11. The smallest absolute Gasteiger partial charge is 0.137 e. The van der Waals surface area contributed by atoms with Gasteiger partial charge in [-0.3, -0.25) is 4.90 Å². The van der Waals surface area contributed by atoms with Crippen LogP contribution in [0.15, 0.2) is 22.7 Å². The van der Waals surface area contributed by atoms with Gasteiger partial charge in [0, 0.05) is 19.7 Å². The van der Waals surface area contributed by atoms with Crippen molar-refractivity contribution in [2.75, 3.05) is 20.2 Å². The van der Waals surface area contributed by atoms with Gasteiger partial charge < -0.3 is 4.74 Å². The van der Waals surface area contributed by atoms with Crippen LogP contribution in [0.25, 0.3) is 0 Å². The SMILES string of the molecule is CN(Cc1ccc(F)c(Br)c1)CC1CCCCO1. The molecule has 1 fully saturated rings. The van der Waals surface area contributed by atoms with Crippen molar-refractivity contribution in [1.29, 1.82) is 0 Å². The predicted octanol–water partition coefficient (Wildman–Crippen LogP) is 3.59. The van der Waals surface area contributed by atoms with Crippen LogP contribution in [0.1, 0.15) is 24.8 Å². The van der Waals surface area contributed by atoms with Gasteiger partial charge in [0.15, 0.2) is 0 Å². The molecule has 1 unspecified atom stereocenters. The lowest BCUT2D eigenvalue weighted by Crippen LogP contribution is -2.33. The monoisotopic (exact) mass is 315 g/mol. The molecule has 0 radical (unpaired) electrons. The van der Waals surface area contributed by atoms with E-state index in [0.717, 1.165) is 31.7 Å². The molecule has 100 valence electrons. The molecular formula is C14H19BrFNO. The highest BCUT2D eigenvalue weighted by molar-refractivity contribution is 9.10. The number of nitrogens with zero attached hydrogens (tertiary/aromatic N) is 1. The lowest BCUT2D eigenvalue weighted by atomic mass is 10.1. The zero-order valence-electron chi connectivity index (χ0n) is 10.7. The zero-order chi connectivity index (χ0) is 13.0. The maximum atomic E-state index is 13.1. The molecule has 0 aromatic heterocycles. The van der Waals surface area contributed by atoms with Gasteiger partial charge in [0.25, 0.3) is 0 Å². The van der Waals surface area contributed by atoms with Crippen LogP contribution in [-0.4, -0.2) is 31.2 Å². The summed E-state index contributed by atoms with van der Waals surface area (Å²) in [7, 11) is 2.08. The maximum absolute atomic E-state index is 13.1. The summed E-state index contributed by atoms with van der Waals surface area (Å²) >= 11 is 3.22. The summed E-state index contributed by atoms with van der Waals surface area (Å²) < 4.78 is 19.4. The Hall–Kier alpha value is -0.450. The van der Waals surface area contributed by atoms with E-state index in [1.165, 1.54) is 18.9 Å². The number of rotatable bonds is 4. The van der Waals surface area contributed by atoms with Crippen LogP contribution >= 0.6 is 15.9 Å². The van der Waals surface area contributed by atoms with Crippen LogP contribution in [-0.2, 0) is 11.3 Å². The lowest BCUT2D eigenvalue weighted by Gasteiger charge is -2.27. The molecule has 1 heterocycles. The van der Waals surface area contributed by atoms with Gasteiger partial charge in [-0.2, -0.15) is 0 Å². The molecule has 1 atom stereocenters. The molecule has 18 heavy (non-hydrogen) atoms. The summed E-state index contributed by atoms with van der Waals surface area (Å²) in [6.45, 7) is 2.65. The summed E-state index contributed by atoms with van der Waals surface area (Å²) in [6.07, 6.45) is 3.95. The van der Waals surface area contributed by atoms with Gasteiger partial charge in [-0.1, -0.05) is 6.07 Å². The largest absolute Gasteiger partial charge is 0.377 e. The first-order valence-electron chi connectivity index (χ1n) is 6.39. The van der Waals surface area contributed by atoms with Crippen molar-refractivity contribution in [2.24, 2.45) is 0 Å². The summed E-state index contributed by atoms with van der Waals surface area (Å²) in [4.78, 5) is 2.23. The van der Waals surface area contributed by atoms with Gasteiger partial charge in [-0.05, 0) is 59.9 Å². The fraction of sp³-hybridized carbons (Fsp3) is 0.571. The van der Waals surface area contributed by atoms with Crippen molar-refractivity contribution >= 4 is 15.9 Å². The van der Waals surface area contributed by atoms with E-state index in [-0.39, 0.29) is 5.82 Å². The average Bonchev–Trinajstić information content (AvgIpc) is 2.35. The molecule has 0 bridgehead atoms. The van der Waals surface area contributed by atoms with E-state index in [2.05, 4.69) is 27.9 Å². The highest BCUT2D eigenvalue weighted by Crippen LogP contribution is 2.19. The third-order valence-corrected chi connectivity index (χ3v) is 3.83. The maximum Gasteiger partial charge on any atom is 0.137 e. The van der Waals surface area contributed by atoms with Crippen molar-refractivity contribution in [1.82, 2.24) is 4.90 Å². The molecule has 2 rings (SSSR count). The molecule has 1 aliphatic heterocycles. The third-order valence-electron chi connectivity index (χ3n) is 3.23. The van der Waals surface area contributed by atoms with E-state index in [9.17, 15) is 4.39 Å². The highest BCUT2D eigenvalue weighted by atomic mass is 79.9. The fourth-order valence-electron chi connectivity index (χ4n) is 2.31. The van der Waals surface area contributed by atoms with Gasteiger partial charge in [0.2, 0.25) is 0 Å². The minimum atomic E-state index is -0.211. The van der Waals surface area contributed by atoms with Crippen LogP contribution in [0.2, 0.25) is 0 Å².